The lowest BCUT2D eigenvalue weighted by molar-refractivity contribution is 0.0927. The topological polar surface area (TPSA) is 37.3 Å². The first-order chi connectivity index (χ1) is 11.5. The summed E-state index contributed by atoms with van der Waals surface area (Å²) in [5.41, 5.74) is 3.15. The van der Waals surface area contributed by atoms with E-state index in [-0.39, 0.29) is 11.3 Å². The highest BCUT2D eigenvalue weighted by molar-refractivity contribution is 5.95. The molecule has 2 heterocycles. The minimum Gasteiger partial charge on any atom is -0.354 e. The molecular formula is C20H27N3O. The van der Waals surface area contributed by atoms with Crippen LogP contribution >= 0.6 is 0 Å². The molecule has 0 atom stereocenters. The van der Waals surface area contributed by atoms with Crippen LogP contribution in [0.15, 0.2) is 42.6 Å². The fourth-order valence-electron chi connectivity index (χ4n) is 3.60. The van der Waals surface area contributed by atoms with Gasteiger partial charge in [-0.2, -0.15) is 0 Å². The third kappa shape index (κ3) is 3.24. The molecule has 1 aromatic heterocycles. The van der Waals surface area contributed by atoms with Crippen LogP contribution in [0.2, 0.25) is 0 Å². The summed E-state index contributed by atoms with van der Waals surface area (Å²) >= 11 is 0. The van der Waals surface area contributed by atoms with Crippen LogP contribution in [0.1, 0.15) is 34.5 Å². The molecule has 4 heteroatoms. The van der Waals surface area contributed by atoms with Crippen LogP contribution in [0.4, 0.5) is 0 Å². The average molecular weight is 325 g/mol. The molecule has 0 aliphatic carbocycles. The van der Waals surface area contributed by atoms with Gasteiger partial charge in [-0.25, -0.2) is 0 Å². The van der Waals surface area contributed by atoms with Crippen molar-refractivity contribution in [3.05, 3.63) is 59.4 Å². The molecule has 1 amide bonds. The number of likely N-dealkylation sites (tertiary alicyclic amines) is 1. The third-order valence-corrected chi connectivity index (χ3v) is 5.55. The Morgan fingerprint density at radius 3 is 2.38 bits per heavy atom. The van der Waals surface area contributed by atoms with E-state index in [2.05, 4.69) is 47.6 Å². The number of amides is 1. The van der Waals surface area contributed by atoms with E-state index in [1.807, 2.05) is 30.8 Å². The maximum Gasteiger partial charge on any atom is 0.253 e. The summed E-state index contributed by atoms with van der Waals surface area (Å²) in [6.45, 7) is 4.81. The van der Waals surface area contributed by atoms with E-state index in [0.29, 0.717) is 6.54 Å². The lowest BCUT2D eigenvalue weighted by Crippen LogP contribution is -2.48. The smallest absolute Gasteiger partial charge is 0.253 e. The van der Waals surface area contributed by atoms with Crippen molar-refractivity contribution >= 4 is 5.91 Å². The van der Waals surface area contributed by atoms with Gasteiger partial charge in [-0.05, 0) is 51.5 Å². The van der Waals surface area contributed by atoms with Crippen LogP contribution in [0.25, 0.3) is 0 Å². The molecular weight excluding hydrogens is 298 g/mol. The Morgan fingerprint density at radius 1 is 1.12 bits per heavy atom. The molecule has 3 rings (SSSR count). The lowest BCUT2D eigenvalue weighted by Gasteiger charge is -2.41. The van der Waals surface area contributed by atoms with Gasteiger partial charge in [0.05, 0.1) is 5.56 Å². The molecule has 0 bridgehead atoms. The Kier molecular flexibility index (Phi) is 4.76. The van der Waals surface area contributed by atoms with E-state index in [0.717, 1.165) is 37.2 Å². The molecule has 1 N–H and O–H groups in total. The van der Waals surface area contributed by atoms with Gasteiger partial charge in [0.15, 0.2) is 0 Å². The van der Waals surface area contributed by atoms with Crippen molar-refractivity contribution in [2.75, 3.05) is 26.7 Å². The summed E-state index contributed by atoms with van der Waals surface area (Å²) in [6.07, 6.45) is 4.08. The normalized spacial score (nSPS) is 17.6. The first-order valence-corrected chi connectivity index (χ1v) is 8.66. The zero-order valence-electron chi connectivity index (χ0n) is 14.9. The van der Waals surface area contributed by atoms with Gasteiger partial charge in [0.25, 0.3) is 5.91 Å². The summed E-state index contributed by atoms with van der Waals surface area (Å²) < 4.78 is 1.98. The molecule has 0 radical (unpaired) electrons. The van der Waals surface area contributed by atoms with Crippen molar-refractivity contribution in [3.8, 4) is 0 Å². The maximum atomic E-state index is 12.6. The number of benzene rings is 1. The summed E-state index contributed by atoms with van der Waals surface area (Å²) in [7, 11) is 4.13. The van der Waals surface area contributed by atoms with Crippen LogP contribution in [0.3, 0.4) is 0 Å². The number of rotatable bonds is 4. The number of hydrogen-bond donors (Lipinski definition) is 1. The number of carbonyl (C=O) groups is 1. The maximum absolute atomic E-state index is 12.6. The molecule has 0 saturated carbocycles. The van der Waals surface area contributed by atoms with Crippen molar-refractivity contribution in [1.82, 2.24) is 14.8 Å². The van der Waals surface area contributed by atoms with Crippen molar-refractivity contribution < 1.29 is 4.79 Å². The third-order valence-electron chi connectivity index (χ3n) is 5.55. The summed E-state index contributed by atoms with van der Waals surface area (Å²) in [4.78, 5) is 15.0. The Morgan fingerprint density at radius 2 is 1.79 bits per heavy atom. The first-order valence-electron chi connectivity index (χ1n) is 8.66. The zero-order valence-corrected chi connectivity index (χ0v) is 14.9. The highest BCUT2D eigenvalue weighted by Gasteiger charge is 2.35. The second-order valence-corrected chi connectivity index (χ2v) is 7.06. The van der Waals surface area contributed by atoms with Gasteiger partial charge >= 0.3 is 0 Å². The van der Waals surface area contributed by atoms with Crippen molar-refractivity contribution in [1.29, 1.82) is 0 Å². The highest BCUT2D eigenvalue weighted by Crippen LogP contribution is 2.34. The number of carbonyl (C=O) groups excluding carboxylic acids is 1. The second-order valence-electron chi connectivity index (χ2n) is 7.06. The lowest BCUT2D eigenvalue weighted by atomic mass is 9.72. The largest absolute Gasteiger partial charge is 0.354 e. The van der Waals surface area contributed by atoms with Crippen molar-refractivity contribution in [2.45, 2.75) is 25.2 Å². The van der Waals surface area contributed by atoms with E-state index < -0.39 is 0 Å². The Balaban J connectivity index is 1.78. The molecule has 0 spiro atoms. The van der Waals surface area contributed by atoms with Gasteiger partial charge in [-0.3, -0.25) is 4.79 Å². The molecule has 1 fully saturated rings. The van der Waals surface area contributed by atoms with E-state index in [1.54, 1.807) is 0 Å². The molecule has 1 saturated heterocycles. The van der Waals surface area contributed by atoms with E-state index >= 15 is 0 Å². The van der Waals surface area contributed by atoms with Crippen LogP contribution in [0.5, 0.6) is 0 Å². The average Bonchev–Trinajstić information content (AvgIpc) is 2.94. The predicted molar refractivity (Wildman–Crippen MR) is 97.3 cm³/mol. The minimum absolute atomic E-state index is 0.0299. The van der Waals surface area contributed by atoms with Crippen LogP contribution < -0.4 is 5.32 Å². The van der Waals surface area contributed by atoms with Gasteiger partial charge in [0, 0.05) is 30.9 Å². The van der Waals surface area contributed by atoms with Gasteiger partial charge < -0.3 is 14.8 Å². The Bertz CT molecular complexity index is 697. The SMILES string of the molecule is Cc1c(C(=O)NCC2(c3ccccc3)CCN(C)CC2)ccn1C. The van der Waals surface area contributed by atoms with Crippen molar-refractivity contribution in [3.63, 3.8) is 0 Å². The van der Waals surface area contributed by atoms with Gasteiger partial charge in [0.2, 0.25) is 0 Å². The number of aromatic nitrogens is 1. The fourth-order valence-corrected chi connectivity index (χ4v) is 3.60. The first kappa shape index (κ1) is 16.8. The molecule has 4 nitrogen and oxygen atoms in total. The van der Waals surface area contributed by atoms with Crippen LogP contribution in [-0.4, -0.2) is 42.1 Å². The van der Waals surface area contributed by atoms with E-state index in [4.69, 9.17) is 0 Å². The Hall–Kier alpha value is -2.07. The Labute approximate surface area is 144 Å². The predicted octanol–water partition coefficient (Wildman–Crippen LogP) is 2.73. The van der Waals surface area contributed by atoms with Crippen molar-refractivity contribution in [2.24, 2.45) is 7.05 Å². The van der Waals surface area contributed by atoms with E-state index in [9.17, 15) is 4.79 Å². The van der Waals surface area contributed by atoms with E-state index in [1.165, 1.54) is 5.56 Å². The number of hydrogen-bond acceptors (Lipinski definition) is 2. The zero-order chi connectivity index (χ0) is 17.2. The summed E-state index contributed by atoms with van der Waals surface area (Å²) in [5.74, 6) is 0.0299. The number of nitrogens with zero attached hydrogens (tertiary/aromatic N) is 2. The van der Waals surface area contributed by atoms with Crippen LogP contribution in [-0.2, 0) is 12.5 Å². The number of aryl methyl sites for hydroxylation is 1. The number of piperidine rings is 1. The van der Waals surface area contributed by atoms with Gasteiger partial charge in [0.1, 0.15) is 0 Å². The molecule has 1 aliphatic heterocycles. The molecule has 128 valence electrons. The van der Waals surface area contributed by atoms with Crippen LogP contribution in [0, 0.1) is 6.92 Å². The minimum atomic E-state index is 0.0299. The fraction of sp³-hybridized carbons (Fsp3) is 0.450. The molecule has 0 unspecified atom stereocenters. The second kappa shape index (κ2) is 6.81. The molecule has 1 aliphatic rings. The standard InChI is InChI=1S/C20H27N3O/c1-16-18(9-12-23(16)3)19(24)21-15-20(10-13-22(2)14-11-20)17-7-5-4-6-8-17/h4-9,12H,10-11,13-15H2,1-3H3,(H,21,24). The monoisotopic (exact) mass is 325 g/mol. The number of nitrogens with one attached hydrogen (secondary N) is 1. The summed E-state index contributed by atoms with van der Waals surface area (Å²) in [5, 5.41) is 3.21. The molecule has 1 aromatic carbocycles. The summed E-state index contributed by atoms with van der Waals surface area (Å²) in [6, 6.07) is 12.5. The molecule has 24 heavy (non-hydrogen) atoms. The van der Waals surface area contributed by atoms with Gasteiger partial charge in [-0.1, -0.05) is 30.3 Å². The highest BCUT2D eigenvalue weighted by atomic mass is 16.1. The van der Waals surface area contributed by atoms with Gasteiger partial charge in [-0.15, -0.1) is 0 Å². The quantitative estimate of drug-likeness (QED) is 0.938. The molecule has 2 aromatic rings.